The molecule has 4 heteroatoms. The van der Waals surface area contributed by atoms with Crippen LogP contribution >= 0.6 is 0 Å². The quantitative estimate of drug-likeness (QED) is 0.615. The van der Waals surface area contributed by atoms with Gasteiger partial charge in [-0.15, -0.1) is 0 Å². The topological polar surface area (TPSA) is 41.9 Å². The van der Waals surface area contributed by atoms with Crippen molar-refractivity contribution < 1.29 is 9.63 Å². The zero-order valence-electron chi connectivity index (χ0n) is 12.6. The van der Waals surface area contributed by atoms with Crippen LogP contribution in [-0.2, 0) is 4.84 Å². The van der Waals surface area contributed by atoms with Crippen LogP contribution in [0, 0.1) is 12.8 Å². The molecule has 0 amide bonds. The average Bonchev–Trinajstić information content (AvgIpc) is 2.41. The van der Waals surface area contributed by atoms with Crippen LogP contribution in [0.2, 0.25) is 0 Å². The number of carbonyl (C=O) groups is 1. The molecule has 0 bridgehead atoms. The summed E-state index contributed by atoms with van der Waals surface area (Å²) < 4.78 is 0. The lowest BCUT2D eigenvalue weighted by Gasteiger charge is -2.34. The molecule has 0 spiro atoms. The van der Waals surface area contributed by atoms with E-state index in [2.05, 4.69) is 31.0 Å². The molecule has 1 saturated heterocycles. The van der Waals surface area contributed by atoms with Gasteiger partial charge in [-0.2, -0.15) is 0 Å². The number of carbonyl (C=O) groups excluding carboxylic acids is 1. The van der Waals surface area contributed by atoms with E-state index in [9.17, 15) is 4.79 Å². The second-order valence-electron chi connectivity index (χ2n) is 5.72. The SMILES string of the molecule is Cc1cccc(C(=O)O/N=C2\C[C@@H](C)N(C)C[C@@H]2C)c1. The number of benzene rings is 1. The Hall–Kier alpha value is -1.68. The first-order chi connectivity index (χ1) is 9.47. The number of oxime groups is 1. The van der Waals surface area contributed by atoms with Gasteiger partial charge in [0.15, 0.2) is 0 Å². The molecule has 20 heavy (non-hydrogen) atoms. The number of rotatable bonds is 2. The molecule has 108 valence electrons. The van der Waals surface area contributed by atoms with E-state index in [1.807, 2.05) is 25.1 Å². The van der Waals surface area contributed by atoms with Gasteiger partial charge in [-0.05, 0) is 33.0 Å². The third kappa shape index (κ3) is 3.45. The number of likely N-dealkylation sites (tertiary alicyclic amines) is 1. The van der Waals surface area contributed by atoms with Crippen molar-refractivity contribution in [2.45, 2.75) is 33.2 Å². The maximum Gasteiger partial charge on any atom is 0.365 e. The first-order valence-electron chi connectivity index (χ1n) is 7.02. The Morgan fingerprint density at radius 2 is 2.15 bits per heavy atom. The van der Waals surface area contributed by atoms with E-state index < -0.39 is 0 Å². The summed E-state index contributed by atoms with van der Waals surface area (Å²) in [6.45, 7) is 7.16. The van der Waals surface area contributed by atoms with Gasteiger partial charge in [0.2, 0.25) is 0 Å². The van der Waals surface area contributed by atoms with E-state index in [0.29, 0.717) is 17.5 Å². The summed E-state index contributed by atoms with van der Waals surface area (Å²) in [6.07, 6.45) is 0.846. The zero-order valence-corrected chi connectivity index (χ0v) is 12.6. The van der Waals surface area contributed by atoms with E-state index >= 15 is 0 Å². The van der Waals surface area contributed by atoms with Crippen LogP contribution in [0.5, 0.6) is 0 Å². The van der Waals surface area contributed by atoms with E-state index in [4.69, 9.17) is 4.84 Å². The highest BCUT2D eigenvalue weighted by molar-refractivity contribution is 5.92. The molecule has 2 atom stereocenters. The molecular formula is C16H22N2O2. The number of hydrogen-bond donors (Lipinski definition) is 0. The molecule has 1 fully saturated rings. The van der Waals surface area contributed by atoms with Gasteiger partial charge in [0, 0.05) is 24.9 Å². The number of piperidine rings is 1. The third-order valence-electron chi connectivity index (χ3n) is 3.89. The van der Waals surface area contributed by atoms with Gasteiger partial charge in [0.1, 0.15) is 0 Å². The van der Waals surface area contributed by atoms with Gasteiger partial charge in [0.05, 0.1) is 11.3 Å². The maximum absolute atomic E-state index is 12.0. The number of aryl methyl sites for hydroxylation is 1. The smallest absolute Gasteiger partial charge is 0.313 e. The summed E-state index contributed by atoms with van der Waals surface area (Å²) in [5.74, 6) is -0.0681. The maximum atomic E-state index is 12.0. The van der Waals surface area contributed by atoms with Crippen LogP contribution in [0.15, 0.2) is 29.4 Å². The second kappa shape index (κ2) is 6.18. The highest BCUT2D eigenvalue weighted by atomic mass is 16.7. The van der Waals surface area contributed by atoms with E-state index in [0.717, 1.165) is 24.2 Å². The van der Waals surface area contributed by atoms with Crippen molar-refractivity contribution in [3.63, 3.8) is 0 Å². The fourth-order valence-corrected chi connectivity index (χ4v) is 2.43. The molecule has 1 aromatic carbocycles. The first kappa shape index (κ1) is 14.7. The average molecular weight is 274 g/mol. The molecule has 0 saturated carbocycles. The lowest BCUT2D eigenvalue weighted by molar-refractivity contribution is 0.0508. The molecule has 1 aliphatic heterocycles. The van der Waals surface area contributed by atoms with Gasteiger partial charge < -0.3 is 9.74 Å². The molecule has 2 rings (SSSR count). The van der Waals surface area contributed by atoms with Crippen LogP contribution in [0.1, 0.15) is 36.2 Å². The Labute approximate surface area is 120 Å². The minimum Gasteiger partial charge on any atom is -0.313 e. The molecular weight excluding hydrogens is 252 g/mol. The van der Waals surface area contributed by atoms with Gasteiger partial charge >= 0.3 is 5.97 Å². The molecule has 0 radical (unpaired) electrons. The van der Waals surface area contributed by atoms with Gasteiger partial charge in [0.25, 0.3) is 0 Å². The fourth-order valence-electron chi connectivity index (χ4n) is 2.43. The first-order valence-corrected chi connectivity index (χ1v) is 7.02. The minimum absolute atomic E-state index is 0.321. The van der Waals surface area contributed by atoms with Crippen molar-refractivity contribution in [2.75, 3.05) is 13.6 Å². The fraction of sp³-hybridized carbons (Fsp3) is 0.500. The van der Waals surface area contributed by atoms with Crippen molar-refractivity contribution >= 4 is 11.7 Å². The predicted octanol–water partition coefficient (Wildman–Crippen LogP) is 2.87. The van der Waals surface area contributed by atoms with Gasteiger partial charge in [-0.3, -0.25) is 0 Å². The van der Waals surface area contributed by atoms with E-state index in [1.165, 1.54) is 0 Å². The number of hydrogen-bond acceptors (Lipinski definition) is 4. The Balaban J connectivity index is 2.03. The Morgan fingerprint density at radius 3 is 2.85 bits per heavy atom. The lowest BCUT2D eigenvalue weighted by atomic mass is 9.93. The standard InChI is InChI=1S/C16H22N2O2/c1-11-6-5-7-14(8-11)16(19)20-17-15-9-13(3)18(4)10-12(15)2/h5-8,12-13H,9-10H2,1-4H3/b17-15+/t12-,13+/m0/s1. The third-order valence-corrected chi connectivity index (χ3v) is 3.89. The van der Waals surface area contributed by atoms with Crippen LogP contribution in [0.4, 0.5) is 0 Å². The predicted molar refractivity (Wildman–Crippen MR) is 79.9 cm³/mol. The molecule has 0 unspecified atom stereocenters. The summed E-state index contributed by atoms with van der Waals surface area (Å²) in [5, 5.41) is 4.10. The molecule has 4 nitrogen and oxygen atoms in total. The Morgan fingerprint density at radius 1 is 1.40 bits per heavy atom. The van der Waals surface area contributed by atoms with Crippen molar-refractivity contribution in [1.82, 2.24) is 4.90 Å². The number of nitrogens with zero attached hydrogens (tertiary/aromatic N) is 2. The van der Waals surface area contributed by atoms with E-state index in [1.54, 1.807) is 6.07 Å². The van der Waals surface area contributed by atoms with Crippen LogP contribution in [0.25, 0.3) is 0 Å². The summed E-state index contributed by atoms with van der Waals surface area (Å²) in [7, 11) is 2.11. The minimum atomic E-state index is -0.389. The highest BCUT2D eigenvalue weighted by Crippen LogP contribution is 2.18. The lowest BCUT2D eigenvalue weighted by Crippen LogP contribution is -2.43. The largest absolute Gasteiger partial charge is 0.365 e. The Kier molecular flexibility index (Phi) is 4.55. The molecule has 1 heterocycles. The normalized spacial score (nSPS) is 25.7. The molecule has 1 aromatic rings. The highest BCUT2D eigenvalue weighted by Gasteiger charge is 2.26. The van der Waals surface area contributed by atoms with Crippen LogP contribution < -0.4 is 0 Å². The summed E-state index contributed by atoms with van der Waals surface area (Å²) in [5.41, 5.74) is 2.55. The molecule has 0 aromatic heterocycles. The van der Waals surface area contributed by atoms with Gasteiger partial charge in [-0.1, -0.05) is 29.8 Å². The second-order valence-corrected chi connectivity index (χ2v) is 5.72. The zero-order chi connectivity index (χ0) is 14.7. The van der Waals surface area contributed by atoms with Crippen molar-refractivity contribution in [3.8, 4) is 0 Å². The van der Waals surface area contributed by atoms with Gasteiger partial charge in [-0.25, -0.2) is 4.79 Å². The van der Waals surface area contributed by atoms with E-state index in [-0.39, 0.29) is 5.97 Å². The van der Waals surface area contributed by atoms with Crippen molar-refractivity contribution in [2.24, 2.45) is 11.1 Å². The van der Waals surface area contributed by atoms with Crippen molar-refractivity contribution in [3.05, 3.63) is 35.4 Å². The molecule has 0 N–H and O–H groups in total. The summed E-state index contributed by atoms with van der Waals surface area (Å²) in [4.78, 5) is 19.4. The molecule has 0 aliphatic carbocycles. The monoisotopic (exact) mass is 274 g/mol. The van der Waals surface area contributed by atoms with Crippen LogP contribution in [0.3, 0.4) is 0 Å². The summed E-state index contributed by atoms with van der Waals surface area (Å²) in [6, 6.07) is 7.78. The molecule has 1 aliphatic rings. The summed E-state index contributed by atoms with van der Waals surface area (Å²) >= 11 is 0. The van der Waals surface area contributed by atoms with Crippen molar-refractivity contribution in [1.29, 1.82) is 0 Å². The van der Waals surface area contributed by atoms with Crippen LogP contribution in [-0.4, -0.2) is 36.2 Å². The Bertz CT molecular complexity index is 525.